The Balaban J connectivity index is 2.15. The molecule has 2 atom stereocenters. The molecule has 0 saturated heterocycles. The highest BCUT2D eigenvalue weighted by Gasteiger charge is 2.44. The second-order valence-electron chi connectivity index (χ2n) is 6.63. The van der Waals surface area contributed by atoms with E-state index in [0.717, 1.165) is 17.0 Å². The first-order chi connectivity index (χ1) is 14.6. The largest absolute Gasteiger partial charge is 0.481 e. The maximum atomic E-state index is 13.2. The standard InChI is InChI=1S/C19H14N4O7S/c1-10-15(18(25)26)16(12-3-2-4-14(9-12)23(29)30)21(19(31)20-10)17(24)11-5-7-13(8-6-11)22(27)28/h2-9,15-16H,1H3,(H,25,26). The fourth-order valence-electron chi connectivity index (χ4n) is 3.33. The maximum Gasteiger partial charge on any atom is 0.314 e. The molecule has 1 heterocycles. The number of non-ortho nitro benzene ring substituents is 2. The number of thiocarbonyl (C=S) groups is 1. The molecule has 2 aromatic rings. The highest BCUT2D eigenvalue weighted by molar-refractivity contribution is 7.80. The van der Waals surface area contributed by atoms with Crippen LogP contribution in [0.1, 0.15) is 28.9 Å². The molecule has 1 aliphatic rings. The average Bonchev–Trinajstić information content (AvgIpc) is 2.72. The van der Waals surface area contributed by atoms with Crippen molar-refractivity contribution in [1.29, 1.82) is 0 Å². The van der Waals surface area contributed by atoms with Crippen molar-refractivity contribution in [2.45, 2.75) is 13.0 Å². The van der Waals surface area contributed by atoms with Crippen LogP contribution in [-0.4, -0.2) is 42.6 Å². The van der Waals surface area contributed by atoms with Gasteiger partial charge < -0.3 is 5.11 Å². The molecule has 0 saturated carbocycles. The van der Waals surface area contributed by atoms with Gasteiger partial charge in [0.1, 0.15) is 5.92 Å². The van der Waals surface area contributed by atoms with Crippen molar-refractivity contribution in [1.82, 2.24) is 4.90 Å². The molecule has 11 nitrogen and oxygen atoms in total. The van der Waals surface area contributed by atoms with Crippen LogP contribution in [0.3, 0.4) is 0 Å². The molecule has 0 aliphatic carbocycles. The van der Waals surface area contributed by atoms with Crippen molar-refractivity contribution in [3.63, 3.8) is 0 Å². The highest BCUT2D eigenvalue weighted by atomic mass is 32.1. The van der Waals surface area contributed by atoms with E-state index in [1.807, 2.05) is 0 Å². The number of nitro groups is 2. The van der Waals surface area contributed by atoms with E-state index in [2.05, 4.69) is 4.99 Å². The fourth-order valence-corrected chi connectivity index (χ4v) is 3.67. The van der Waals surface area contributed by atoms with E-state index in [0.29, 0.717) is 0 Å². The molecule has 3 rings (SSSR count). The molecule has 2 aromatic carbocycles. The summed E-state index contributed by atoms with van der Waals surface area (Å²) < 4.78 is 0. The Morgan fingerprint density at radius 3 is 2.23 bits per heavy atom. The summed E-state index contributed by atoms with van der Waals surface area (Å²) in [5.74, 6) is -3.34. The van der Waals surface area contributed by atoms with Gasteiger partial charge in [-0.25, -0.2) is 4.99 Å². The second-order valence-corrected chi connectivity index (χ2v) is 6.99. The summed E-state index contributed by atoms with van der Waals surface area (Å²) in [4.78, 5) is 51.1. The van der Waals surface area contributed by atoms with Gasteiger partial charge in [-0.3, -0.25) is 34.7 Å². The first kappa shape index (κ1) is 21.6. The van der Waals surface area contributed by atoms with Gasteiger partial charge in [-0.05, 0) is 36.8 Å². The van der Waals surface area contributed by atoms with Gasteiger partial charge in [0, 0.05) is 35.5 Å². The number of carboxylic acids is 1. The highest BCUT2D eigenvalue weighted by Crippen LogP contribution is 2.37. The van der Waals surface area contributed by atoms with Crippen molar-refractivity contribution < 1.29 is 24.5 Å². The molecular formula is C19H14N4O7S. The number of rotatable bonds is 5. The Morgan fingerprint density at radius 1 is 1.06 bits per heavy atom. The number of carbonyl (C=O) groups excluding carboxylic acids is 1. The molecular weight excluding hydrogens is 428 g/mol. The number of hydrogen-bond donors (Lipinski definition) is 1. The van der Waals surface area contributed by atoms with E-state index in [1.165, 1.54) is 43.3 Å². The molecule has 1 amide bonds. The van der Waals surface area contributed by atoms with Gasteiger partial charge >= 0.3 is 5.97 Å². The van der Waals surface area contributed by atoms with Gasteiger partial charge in [0.2, 0.25) is 5.11 Å². The minimum Gasteiger partial charge on any atom is -0.481 e. The third-order valence-electron chi connectivity index (χ3n) is 4.75. The van der Waals surface area contributed by atoms with Crippen LogP contribution in [0.15, 0.2) is 53.5 Å². The molecule has 2 unspecified atom stereocenters. The predicted octanol–water partition coefficient (Wildman–Crippen LogP) is 3.15. The number of hydrogen-bond acceptors (Lipinski definition) is 7. The number of nitrogens with zero attached hydrogens (tertiary/aromatic N) is 4. The van der Waals surface area contributed by atoms with Crippen LogP contribution in [0.5, 0.6) is 0 Å². The lowest BCUT2D eigenvalue weighted by molar-refractivity contribution is -0.385. The molecule has 31 heavy (non-hydrogen) atoms. The number of carbonyl (C=O) groups is 2. The normalized spacial score (nSPS) is 18.3. The second kappa shape index (κ2) is 8.36. The summed E-state index contributed by atoms with van der Waals surface area (Å²) in [6.45, 7) is 1.45. The Kier molecular flexibility index (Phi) is 5.83. The van der Waals surface area contributed by atoms with E-state index >= 15 is 0 Å². The maximum absolute atomic E-state index is 13.2. The minimum atomic E-state index is -1.31. The monoisotopic (exact) mass is 442 g/mol. The molecule has 0 fully saturated rings. The summed E-state index contributed by atoms with van der Waals surface area (Å²) in [7, 11) is 0. The molecule has 0 spiro atoms. The van der Waals surface area contributed by atoms with Crippen molar-refractivity contribution in [3.8, 4) is 0 Å². The van der Waals surface area contributed by atoms with Crippen LogP contribution in [0.4, 0.5) is 11.4 Å². The third-order valence-corrected chi connectivity index (χ3v) is 5.04. The Hall–Kier alpha value is -4.06. The van der Waals surface area contributed by atoms with Gasteiger partial charge in [0.05, 0.1) is 15.9 Å². The average molecular weight is 442 g/mol. The molecule has 0 bridgehead atoms. The van der Waals surface area contributed by atoms with E-state index in [-0.39, 0.29) is 33.3 Å². The smallest absolute Gasteiger partial charge is 0.314 e. The molecule has 158 valence electrons. The molecule has 1 N–H and O–H groups in total. The van der Waals surface area contributed by atoms with Crippen LogP contribution < -0.4 is 0 Å². The summed E-state index contributed by atoms with van der Waals surface area (Å²) in [6, 6.07) is 8.75. The Labute approximate surface area is 179 Å². The number of amides is 1. The van der Waals surface area contributed by atoms with E-state index in [9.17, 15) is 34.9 Å². The molecule has 1 aliphatic heterocycles. The lowest BCUT2D eigenvalue weighted by Gasteiger charge is -2.38. The van der Waals surface area contributed by atoms with E-state index in [4.69, 9.17) is 12.2 Å². The lowest BCUT2D eigenvalue weighted by atomic mass is 9.86. The quantitative estimate of drug-likeness (QED) is 0.420. The van der Waals surface area contributed by atoms with Crippen molar-refractivity contribution in [3.05, 3.63) is 79.9 Å². The SMILES string of the molecule is CC1=NC(=S)N(C(=O)c2ccc([N+](=O)[O-])cc2)C(c2cccc([N+](=O)[O-])c2)C1C(=O)O. The number of carboxylic acid groups (broad SMARTS) is 1. The number of benzene rings is 2. The van der Waals surface area contributed by atoms with Crippen LogP contribution in [0.2, 0.25) is 0 Å². The zero-order valence-corrected chi connectivity index (χ0v) is 16.7. The predicted molar refractivity (Wildman–Crippen MR) is 112 cm³/mol. The fraction of sp³-hybridized carbons (Fsp3) is 0.158. The molecule has 0 aromatic heterocycles. The van der Waals surface area contributed by atoms with Gasteiger partial charge in [-0.1, -0.05) is 12.1 Å². The first-order valence-corrected chi connectivity index (χ1v) is 9.17. The molecule has 0 radical (unpaired) electrons. The third kappa shape index (κ3) is 4.14. The van der Waals surface area contributed by atoms with Gasteiger partial charge in [0.15, 0.2) is 0 Å². The van der Waals surface area contributed by atoms with Crippen molar-refractivity contribution in [2.75, 3.05) is 0 Å². The van der Waals surface area contributed by atoms with Gasteiger partial charge in [0.25, 0.3) is 17.3 Å². The van der Waals surface area contributed by atoms with E-state index < -0.39 is 33.7 Å². The topological polar surface area (TPSA) is 156 Å². The van der Waals surface area contributed by atoms with Crippen molar-refractivity contribution >= 4 is 46.3 Å². The van der Waals surface area contributed by atoms with Crippen molar-refractivity contribution in [2.24, 2.45) is 10.9 Å². The zero-order valence-electron chi connectivity index (χ0n) is 15.9. The van der Waals surface area contributed by atoms with Gasteiger partial charge in [-0.2, -0.15) is 0 Å². The minimum absolute atomic E-state index is 0.0160. The van der Waals surface area contributed by atoms with Crippen LogP contribution in [0.25, 0.3) is 0 Å². The number of aliphatic imine (C=N–C) groups is 1. The van der Waals surface area contributed by atoms with Gasteiger partial charge in [-0.15, -0.1) is 0 Å². The first-order valence-electron chi connectivity index (χ1n) is 8.76. The summed E-state index contributed by atoms with van der Waals surface area (Å²) in [5, 5.41) is 31.7. The summed E-state index contributed by atoms with van der Waals surface area (Å²) in [6.07, 6.45) is 0. The van der Waals surface area contributed by atoms with Crippen LogP contribution in [-0.2, 0) is 4.79 Å². The zero-order chi connectivity index (χ0) is 22.9. The summed E-state index contributed by atoms with van der Waals surface area (Å²) >= 11 is 5.23. The molecule has 12 heteroatoms. The number of aliphatic carboxylic acids is 1. The lowest BCUT2D eigenvalue weighted by Crippen LogP contribution is -2.49. The van der Waals surface area contributed by atoms with Crippen LogP contribution in [0, 0.1) is 26.1 Å². The summed E-state index contributed by atoms with van der Waals surface area (Å²) in [5.41, 5.74) is -0.168. The van der Waals surface area contributed by atoms with Crippen LogP contribution >= 0.6 is 12.2 Å². The number of nitro benzene ring substituents is 2. The van der Waals surface area contributed by atoms with E-state index in [1.54, 1.807) is 0 Å². The Bertz CT molecular complexity index is 1150. The Morgan fingerprint density at radius 2 is 1.68 bits per heavy atom.